The summed E-state index contributed by atoms with van der Waals surface area (Å²) in [4.78, 5) is 9.33. The molecule has 0 unspecified atom stereocenters. The van der Waals surface area contributed by atoms with Crippen LogP contribution in [0.25, 0.3) is 0 Å². The molecule has 0 heterocycles. The average Bonchev–Trinajstić information content (AvgIpc) is 1.97. The van der Waals surface area contributed by atoms with E-state index in [4.69, 9.17) is 0 Å². The van der Waals surface area contributed by atoms with Crippen LogP contribution in [0, 0.1) is 0 Å². The largest absolute Gasteiger partial charge is 0.344 e. The molecule has 0 radical (unpaired) electrons. The van der Waals surface area contributed by atoms with Crippen LogP contribution < -0.4 is 0 Å². The van der Waals surface area contributed by atoms with E-state index >= 15 is 0 Å². The fourth-order valence-electron chi connectivity index (χ4n) is 0.922. The summed E-state index contributed by atoms with van der Waals surface area (Å²) in [6.45, 7) is 4.08. The van der Waals surface area contributed by atoms with Crippen LogP contribution in [0.1, 0.15) is 39.5 Å². The molecule has 0 aliphatic rings. The van der Waals surface area contributed by atoms with Crippen LogP contribution in [-0.4, -0.2) is 17.2 Å². The van der Waals surface area contributed by atoms with Crippen molar-refractivity contribution < 1.29 is 28.9 Å². The first-order valence-electron chi connectivity index (χ1n) is 4.43. The van der Waals surface area contributed by atoms with E-state index in [0.717, 1.165) is 25.7 Å². The Labute approximate surface area is 88.3 Å². The van der Waals surface area contributed by atoms with Gasteiger partial charge >= 0.3 is 0 Å². The molecule has 1 N–H and O–H groups in total. The van der Waals surface area contributed by atoms with Gasteiger partial charge in [-0.15, -0.1) is 0 Å². The summed E-state index contributed by atoms with van der Waals surface area (Å²) < 4.78 is 11.3. The van der Waals surface area contributed by atoms with Crippen molar-refractivity contribution in [2.24, 2.45) is 0 Å². The van der Waals surface area contributed by atoms with Crippen LogP contribution in [0.5, 0.6) is 0 Å². The maximum absolute atomic E-state index is 11.3. The Kier molecular flexibility index (Phi) is 10.7. The predicted octanol–water partition coefficient (Wildman–Crippen LogP) is 2.85. The zero-order valence-electron chi connectivity index (χ0n) is 8.25. The van der Waals surface area contributed by atoms with E-state index < -0.39 is 7.37 Å². The molecular formula is C8H19O2PZn. The summed E-state index contributed by atoms with van der Waals surface area (Å²) in [6, 6.07) is 0. The first-order valence-corrected chi connectivity index (χ1v) is 6.46. The van der Waals surface area contributed by atoms with Crippen molar-refractivity contribution in [2.75, 3.05) is 12.3 Å². The van der Waals surface area contributed by atoms with Gasteiger partial charge in [-0.05, 0) is 12.8 Å². The summed E-state index contributed by atoms with van der Waals surface area (Å²) >= 11 is 0. The van der Waals surface area contributed by atoms with Gasteiger partial charge in [-0.25, -0.2) is 0 Å². The number of hydrogen-bond acceptors (Lipinski definition) is 1. The van der Waals surface area contributed by atoms with Gasteiger partial charge in [0.25, 0.3) is 0 Å². The number of hydrogen-bond donors (Lipinski definition) is 1. The van der Waals surface area contributed by atoms with Crippen molar-refractivity contribution in [2.45, 2.75) is 39.5 Å². The summed E-state index contributed by atoms with van der Waals surface area (Å²) in [5.74, 6) is 0. The summed E-state index contributed by atoms with van der Waals surface area (Å²) in [6.07, 6.45) is 4.83. The maximum atomic E-state index is 11.3. The van der Waals surface area contributed by atoms with E-state index in [1.165, 1.54) is 0 Å². The van der Waals surface area contributed by atoms with Gasteiger partial charge in [-0.1, -0.05) is 26.7 Å². The Morgan fingerprint density at radius 3 is 1.67 bits per heavy atom. The molecular weight excluding hydrogens is 224 g/mol. The molecule has 0 aromatic rings. The van der Waals surface area contributed by atoms with Crippen molar-refractivity contribution in [1.29, 1.82) is 0 Å². The Balaban J connectivity index is 0. The molecule has 0 bridgehead atoms. The maximum Gasteiger partial charge on any atom is 0.200 e. The summed E-state index contributed by atoms with van der Waals surface area (Å²) in [7, 11) is -2.73. The molecule has 0 aromatic heterocycles. The third kappa shape index (κ3) is 8.91. The van der Waals surface area contributed by atoms with Gasteiger partial charge in [-0.3, -0.25) is 4.57 Å². The van der Waals surface area contributed by atoms with Crippen molar-refractivity contribution in [1.82, 2.24) is 0 Å². The topological polar surface area (TPSA) is 37.3 Å². The van der Waals surface area contributed by atoms with Crippen LogP contribution in [0.4, 0.5) is 0 Å². The van der Waals surface area contributed by atoms with Crippen molar-refractivity contribution >= 4 is 7.37 Å². The molecule has 0 aromatic carbocycles. The van der Waals surface area contributed by atoms with E-state index in [2.05, 4.69) is 0 Å². The molecule has 0 aliphatic heterocycles. The molecule has 70 valence electrons. The van der Waals surface area contributed by atoms with E-state index in [-0.39, 0.29) is 19.5 Å². The fourth-order valence-corrected chi connectivity index (χ4v) is 2.77. The summed E-state index contributed by atoms with van der Waals surface area (Å²) in [5, 5.41) is 0. The molecule has 0 amide bonds. The third-order valence-electron chi connectivity index (χ3n) is 1.72. The summed E-state index contributed by atoms with van der Waals surface area (Å²) in [5.41, 5.74) is 0. The van der Waals surface area contributed by atoms with Crippen LogP contribution in [-0.2, 0) is 24.0 Å². The quantitative estimate of drug-likeness (QED) is 0.575. The SMILES string of the molecule is CCCCP(=O)(O)CCCC.[Zn]. The fraction of sp³-hybridized carbons (Fsp3) is 1.00. The molecule has 4 heteroatoms. The normalized spacial score (nSPS) is 10.9. The number of rotatable bonds is 6. The monoisotopic (exact) mass is 242 g/mol. The molecule has 0 atom stereocenters. The van der Waals surface area contributed by atoms with Gasteiger partial charge in [-0.2, -0.15) is 0 Å². The molecule has 0 spiro atoms. The van der Waals surface area contributed by atoms with Gasteiger partial charge in [0.15, 0.2) is 0 Å². The molecule has 2 nitrogen and oxygen atoms in total. The second-order valence-electron chi connectivity index (χ2n) is 3.00. The third-order valence-corrected chi connectivity index (χ3v) is 3.75. The smallest absolute Gasteiger partial charge is 0.200 e. The van der Waals surface area contributed by atoms with E-state index in [1.54, 1.807) is 0 Å². The van der Waals surface area contributed by atoms with Gasteiger partial charge in [0.05, 0.1) is 0 Å². The first kappa shape index (κ1) is 15.3. The molecule has 0 fully saturated rings. The molecule has 0 saturated carbocycles. The predicted molar refractivity (Wildman–Crippen MR) is 49.4 cm³/mol. The van der Waals surface area contributed by atoms with Gasteiger partial charge in [0.2, 0.25) is 7.37 Å². The standard InChI is InChI=1S/C8H19O2P.Zn/c1-3-5-7-11(9,10)8-6-4-2;/h3-8H2,1-2H3,(H,9,10);. The average molecular weight is 244 g/mol. The van der Waals surface area contributed by atoms with E-state index in [0.29, 0.717) is 12.3 Å². The van der Waals surface area contributed by atoms with Crippen LogP contribution in [0.2, 0.25) is 0 Å². The molecule has 12 heavy (non-hydrogen) atoms. The van der Waals surface area contributed by atoms with Crippen LogP contribution in [0.3, 0.4) is 0 Å². The Morgan fingerprint density at radius 2 is 1.42 bits per heavy atom. The second-order valence-corrected chi connectivity index (χ2v) is 5.59. The molecule has 0 aliphatic carbocycles. The van der Waals surface area contributed by atoms with Gasteiger partial charge in [0, 0.05) is 31.8 Å². The van der Waals surface area contributed by atoms with Gasteiger partial charge < -0.3 is 4.89 Å². The van der Waals surface area contributed by atoms with E-state index in [1.807, 2.05) is 13.8 Å². The minimum Gasteiger partial charge on any atom is -0.344 e. The molecule has 0 rings (SSSR count). The molecule has 0 saturated heterocycles. The van der Waals surface area contributed by atoms with Crippen LogP contribution >= 0.6 is 7.37 Å². The minimum absolute atomic E-state index is 0. The minimum atomic E-state index is -2.73. The second kappa shape index (κ2) is 8.41. The Bertz CT molecular complexity index is 127. The van der Waals surface area contributed by atoms with E-state index in [9.17, 15) is 9.46 Å². The van der Waals surface area contributed by atoms with Crippen molar-refractivity contribution in [3.05, 3.63) is 0 Å². The zero-order valence-corrected chi connectivity index (χ0v) is 12.1. The van der Waals surface area contributed by atoms with Crippen molar-refractivity contribution in [3.63, 3.8) is 0 Å². The first-order chi connectivity index (χ1) is 5.12. The number of unbranched alkanes of at least 4 members (excludes halogenated alkanes) is 2. The van der Waals surface area contributed by atoms with Crippen LogP contribution in [0.15, 0.2) is 0 Å². The van der Waals surface area contributed by atoms with Gasteiger partial charge in [0.1, 0.15) is 0 Å². The Hall–Kier alpha value is 0.813. The zero-order chi connectivity index (χ0) is 8.74. The van der Waals surface area contributed by atoms with Crippen molar-refractivity contribution in [3.8, 4) is 0 Å². The Morgan fingerprint density at radius 1 is 1.08 bits per heavy atom.